The third-order valence-corrected chi connectivity index (χ3v) is 6.58. The third kappa shape index (κ3) is 5.58. The van der Waals surface area contributed by atoms with Gasteiger partial charge in [-0.1, -0.05) is 6.07 Å². The number of aryl methyl sites for hydroxylation is 1. The fraction of sp³-hybridized carbons (Fsp3) is 0.619. The summed E-state index contributed by atoms with van der Waals surface area (Å²) in [6.45, 7) is 9.52. The molecular formula is C21H34N6OS. The van der Waals surface area contributed by atoms with Crippen LogP contribution >= 0.6 is 11.3 Å². The molecule has 1 atom stereocenters. The van der Waals surface area contributed by atoms with Gasteiger partial charge in [0.25, 0.3) is 0 Å². The van der Waals surface area contributed by atoms with Gasteiger partial charge in [0.2, 0.25) is 0 Å². The van der Waals surface area contributed by atoms with E-state index in [1.54, 1.807) is 7.11 Å². The molecule has 8 heteroatoms. The molecule has 29 heavy (non-hydrogen) atoms. The van der Waals surface area contributed by atoms with Crippen LogP contribution in [0.1, 0.15) is 40.7 Å². The molecule has 3 rings (SSSR count). The quantitative estimate of drug-likeness (QED) is 0.484. The predicted octanol–water partition coefficient (Wildman–Crippen LogP) is 2.71. The molecular weight excluding hydrogens is 384 g/mol. The third-order valence-electron chi connectivity index (χ3n) is 5.61. The summed E-state index contributed by atoms with van der Waals surface area (Å²) in [7, 11) is 3.54. The highest BCUT2D eigenvalue weighted by atomic mass is 32.1. The van der Waals surface area contributed by atoms with Gasteiger partial charge >= 0.3 is 0 Å². The Labute approximate surface area is 178 Å². The lowest BCUT2D eigenvalue weighted by atomic mass is 10.2. The largest absolute Gasteiger partial charge is 0.383 e. The highest BCUT2D eigenvalue weighted by Gasteiger charge is 2.24. The van der Waals surface area contributed by atoms with Crippen molar-refractivity contribution in [2.45, 2.75) is 45.8 Å². The van der Waals surface area contributed by atoms with E-state index in [9.17, 15) is 0 Å². The topological polar surface area (TPSA) is 66.7 Å². The van der Waals surface area contributed by atoms with Crippen LogP contribution in [0.5, 0.6) is 0 Å². The first-order valence-electron chi connectivity index (χ1n) is 10.4. The lowest BCUT2D eigenvalue weighted by Gasteiger charge is -2.27. The van der Waals surface area contributed by atoms with Gasteiger partial charge in [0, 0.05) is 43.4 Å². The van der Waals surface area contributed by atoms with Crippen molar-refractivity contribution in [3.63, 3.8) is 0 Å². The predicted molar refractivity (Wildman–Crippen MR) is 120 cm³/mol. The summed E-state index contributed by atoms with van der Waals surface area (Å²) in [6, 6.07) is 4.78. The van der Waals surface area contributed by atoms with Crippen LogP contribution in [-0.2, 0) is 17.8 Å². The Morgan fingerprint density at radius 3 is 2.76 bits per heavy atom. The Bertz CT molecular complexity index is 779. The normalized spacial score (nSPS) is 16.3. The number of thiophene rings is 1. The van der Waals surface area contributed by atoms with Crippen molar-refractivity contribution in [1.82, 2.24) is 25.3 Å². The second-order valence-electron chi connectivity index (χ2n) is 7.45. The van der Waals surface area contributed by atoms with Gasteiger partial charge in [-0.2, -0.15) is 5.10 Å². The van der Waals surface area contributed by atoms with Crippen molar-refractivity contribution in [3.05, 3.63) is 39.3 Å². The number of likely N-dealkylation sites (tertiary alicyclic amines) is 1. The van der Waals surface area contributed by atoms with Gasteiger partial charge in [0.05, 0.1) is 24.9 Å². The molecule has 0 spiro atoms. The number of ether oxygens (including phenoxy) is 1. The number of nitrogens with zero attached hydrogens (tertiary/aromatic N) is 4. The highest BCUT2D eigenvalue weighted by molar-refractivity contribution is 7.10. The number of hydrogen-bond donors (Lipinski definition) is 2. The summed E-state index contributed by atoms with van der Waals surface area (Å²) in [6.07, 6.45) is 2.58. The second kappa shape index (κ2) is 10.8. The van der Waals surface area contributed by atoms with Gasteiger partial charge in [-0.3, -0.25) is 14.6 Å². The number of hydrogen-bond acceptors (Lipinski definition) is 5. The molecule has 0 amide bonds. The molecule has 0 radical (unpaired) electrons. The van der Waals surface area contributed by atoms with E-state index in [1.807, 2.05) is 23.1 Å². The zero-order valence-corrected chi connectivity index (χ0v) is 18.9. The van der Waals surface area contributed by atoms with Crippen molar-refractivity contribution < 1.29 is 4.74 Å². The number of rotatable bonds is 9. The maximum atomic E-state index is 5.18. The molecule has 0 saturated carbocycles. The highest BCUT2D eigenvalue weighted by Crippen LogP contribution is 2.27. The summed E-state index contributed by atoms with van der Waals surface area (Å²) in [5, 5.41) is 13.8. The fourth-order valence-corrected chi connectivity index (χ4v) is 4.78. The Kier molecular flexibility index (Phi) is 8.09. The zero-order valence-electron chi connectivity index (χ0n) is 18.1. The van der Waals surface area contributed by atoms with Crippen molar-refractivity contribution in [1.29, 1.82) is 0 Å². The molecule has 1 saturated heterocycles. The number of guanidine groups is 1. The van der Waals surface area contributed by atoms with Crippen LogP contribution in [0.15, 0.2) is 22.5 Å². The molecule has 1 aliphatic rings. The Morgan fingerprint density at radius 2 is 2.10 bits per heavy atom. The smallest absolute Gasteiger partial charge is 0.191 e. The average molecular weight is 419 g/mol. The van der Waals surface area contributed by atoms with E-state index < -0.39 is 0 Å². The molecule has 2 N–H and O–H groups in total. The standard InChI is InChI=1S/C21H34N6OS/c1-16-18(17(2)27(25-16)11-12-28-4)14-23-21(22-3)24-15-19(20-8-7-13-29-20)26-9-5-6-10-26/h7-8,13,19H,5-6,9-12,14-15H2,1-4H3,(H2,22,23,24). The molecule has 160 valence electrons. The molecule has 7 nitrogen and oxygen atoms in total. The zero-order chi connectivity index (χ0) is 20.6. The van der Waals surface area contributed by atoms with E-state index in [-0.39, 0.29) is 0 Å². The van der Waals surface area contributed by atoms with Crippen LogP contribution in [0.25, 0.3) is 0 Å². The molecule has 3 heterocycles. The van der Waals surface area contributed by atoms with Gasteiger partial charge in [-0.05, 0) is 51.2 Å². The van der Waals surface area contributed by atoms with Gasteiger partial charge in [-0.25, -0.2) is 0 Å². The SMILES string of the molecule is CN=C(NCc1c(C)nn(CCOC)c1C)NCC(c1cccs1)N1CCCC1. The monoisotopic (exact) mass is 418 g/mol. The molecule has 1 aliphatic heterocycles. The summed E-state index contributed by atoms with van der Waals surface area (Å²) >= 11 is 1.84. The summed E-state index contributed by atoms with van der Waals surface area (Å²) < 4.78 is 7.20. The Balaban J connectivity index is 1.58. The van der Waals surface area contributed by atoms with E-state index in [0.717, 1.165) is 24.7 Å². The minimum absolute atomic E-state index is 0.399. The molecule has 1 unspecified atom stereocenters. The first-order valence-corrected chi connectivity index (χ1v) is 11.3. The minimum Gasteiger partial charge on any atom is -0.383 e. The Morgan fingerprint density at radius 1 is 1.31 bits per heavy atom. The van der Waals surface area contributed by atoms with Crippen molar-refractivity contribution in [2.24, 2.45) is 4.99 Å². The van der Waals surface area contributed by atoms with Crippen molar-refractivity contribution in [3.8, 4) is 0 Å². The Hall–Kier alpha value is -1.90. The molecule has 2 aromatic rings. The second-order valence-corrected chi connectivity index (χ2v) is 8.43. The summed E-state index contributed by atoms with van der Waals surface area (Å²) in [5.74, 6) is 0.828. The lowest BCUT2D eigenvalue weighted by molar-refractivity contribution is 0.182. The number of aliphatic imine (C=N–C) groups is 1. The fourth-order valence-electron chi connectivity index (χ4n) is 3.92. The van der Waals surface area contributed by atoms with Gasteiger partial charge in [0.1, 0.15) is 0 Å². The summed E-state index contributed by atoms with van der Waals surface area (Å²) in [5.41, 5.74) is 3.45. The van der Waals surface area contributed by atoms with E-state index in [4.69, 9.17) is 4.74 Å². The van der Waals surface area contributed by atoms with E-state index in [0.29, 0.717) is 19.2 Å². The van der Waals surface area contributed by atoms with Crippen LogP contribution in [0.4, 0.5) is 0 Å². The van der Waals surface area contributed by atoms with Crippen LogP contribution in [-0.4, -0.2) is 61.0 Å². The van der Waals surface area contributed by atoms with E-state index in [2.05, 4.69) is 57.0 Å². The van der Waals surface area contributed by atoms with Crippen LogP contribution in [0.3, 0.4) is 0 Å². The van der Waals surface area contributed by atoms with E-state index >= 15 is 0 Å². The van der Waals surface area contributed by atoms with Gasteiger partial charge < -0.3 is 15.4 Å². The van der Waals surface area contributed by atoms with Gasteiger partial charge in [-0.15, -0.1) is 11.3 Å². The molecule has 0 aliphatic carbocycles. The van der Waals surface area contributed by atoms with Crippen molar-refractivity contribution in [2.75, 3.05) is 40.4 Å². The molecule has 0 bridgehead atoms. The lowest BCUT2D eigenvalue weighted by Crippen LogP contribution is -2.42. The molecule has 2 aromatic heterocycles. The van der Waals surface area contributed by atoms with Gasteiger partial charge in [0.15, 0.2) is 5.96 Å². The summed E-state index contributed by atoms with van der Waals surface area (Å²) in [4.78, 5) is 8.43. The number of aromatic nitrogens is 2. The number of methoxy groups -OCH3 is 1. The molecule has 1 fully saturated rings. The molecule has 0 aromatic carbocycles. The van der Waals surface area contributed by atoms with Crippen LogP contribution in [0, 0.1) is 13.8 Å². The minimum atomic E-state index is 0.399. The average Bonchev–Trinajstić information content (AvgIpc) is 3.47. The van der Waals surface area contributed by atoms with Crippen LogP contribution < -0.4 is 10.6 Å². The maximum Gasteiger partial charge on any atom is 0.191 e. The number of nitrogens with one attached hydrogen (secondary N) is 2. The van der Waals surface area contributed by atoms with Crippen molar-refractivity contribution >= 4 is 17.3 Å². The maximum absolute atomic E-state index is 5.18. The van der Waals surface area contributed by atoms with Crippen LogP contribution in [0.2, 0.25) is 0 Å². The first kappa shape index (κ1) is 21.8. The first-order chi connectivity index (χ1) is 14.1. The van der Waals surface area contributed by atoms with E-state index in [1.165, 1.54) is 42.1 Å².